The van der Waals surface area contributed by atoms with Crippen molar-refractivity contribution in [3.63, 3.8) is 0 Å². The van der Waals surface area contributed by atoms with Gasteiger partial charge in [-0.3, -0.25) is 0 Å². The van der Waals surface area contributed by atoms with Crippen molar-refractivity contribution in [2.45, 2.75) is 24.8 Å². The summed E-state index contributed by atoms with van der Waals surface area (Å²) < 4.78 is 10.8. The zero-order valence-electron chi connectivity index (χ0n) is 11.5. The van der Waals surface area contributed by atoms with Crippen LogP contribution in [0, 0.1) is 0 Å². The molecule has 2 heterocycles. The summed E-state index contributed by atoms with van der Waals surface area (Å²) >= 11 is 12.3. The topological polar surface area (TPSA) is 74.2 Å². The van der Waals surface area contributed by atoms with Crippen LogP contribution in [0.1, 0.15) is 24.2 Å². The molecule has 5 nitrogen and oxygen atoms in total. The third kappa shape index (κ3) is 2.66. The third-order valence-corrected chi connectivity index (χ3v) is 4.58. The van der Waals surface area contributed by atoms with Crippen LogP contribution in [0.2, 0.25) is 10.0 Å². The maximum absolute atomic E-state index is 6.15. The van der Waals surface area contributed by atoms with E-state index in [-0.39, 0.29) is 6.04 Å². The van der Waals surface area contributed by atoms with Crippen LogP contribution >= 0.6 is 23.2 Å². The SMILES string of the molecule is CC1(c2nc(Cc3c(Cl)cccc3Cl)no2)COCC1N. The minimum absolute atomic E-state index is 0.158. The summed E-state index contributed by atoms with van der Waals surface area (Å²) in [6.07, 6.45) is 0.411. The van der Waals surface area contributed by atoms with Crippen molar-refractivity contribution < 1.29 is 9.26 Å². The molecule has 1 aliphatic heterocycles. The molecule has 1 fully saturated rings. The number of hydrogen-bond donors (Lipinski definition) is 1. The molecule has 0 radical (unpaired) electrons. The van der Waals surface area contributed by atoms with E-state index in [1.54, 1.807) is 18.2 Å². The number of rotatable bonds is 3. The molecule has 21 heavy (non-hydrogen) atoms. The Kier molecular flexibility index (Phi) is 3.92. The van der Waals surface area contributed by atoms with Gasteiger partial charge in [0.05, 0.1) is 18.6 Å². The molecule has 0 saturated carbocycles. The highest BCUT2D eigenvalue weighted by Crippen LogP contribution is 2.31. The fourth-order valence-electron chi connectivity index (χ4n) is 2.33. The Hall–Kier alpha value is -1.14. The Bertz CT molecular complexity index is 641. The Morgan fingerprint density at radius 1 is 1.38 bits per heavy atom. The van der Waals surface area contributed by atoms with Gasteiger partial charge < -0.3 is 15.0 Å². The maximum atomic E-state index is 6.15. The molecule has 0 amide bonds. The first-order valence-corrected chi connectivity index (χ1v) is 7.35. The summed E-state index contributed by atoms with van der Waals surface area (Å²) in [5, 5.41) is 5.17. The first-order valence-electron chi connectivity index (χ1n) is 6.60. The van der Waals surface area contributed by atoms with Crippen molar-refractivity contribution in [2.75, 3.05) is 13.2 Å². The van der Waals surface area contributed by atoms with Gasteiger partial charge in [-0.25, -0.2) is 0 Å². The largest absolute Gasteiger partial charge is 0.379 e. The van der Waals surface area contributed by atoms with Gasteiger partial charge in [-0.2, -0.15) is 4.98 Å². The van der Waals surface area contributed by atoms with Crippen molar-refractivity contribution in [3.05, 3.63) is 45.5 Å². The van der Waals surface area contributed by atoms with Crippen LogP contribution in [0.3, 0.4) is 0 Å². The second-order valence-electron chi connectivity index (χ2n) is 5.43. The van der Waals surface area contributed by atoms with Crippen molar-refractivity contribution in [1.82, 2.24) is 10.1 Å². The van der Waals surface area contributed by atoms with Gasteiger partial charge in [0.15, 0.2) is 5.82 Å². The molecular formula is C14H15Cl2N3O2. The Morgan fingerprint density at radius 3 is 2.71 bits per heavy atom. The van der Waals surface area contributed by atoms with Gasteiger partial charge >= 0.3 is 0 Å². The lowest BCUT2D eigenvalue weighted by Crippen LogP contribution is -2.42. The number of aromatic nitrogens is 2. The number of nitrogens with zero attached hydrogens (tertiary/aromatic N) is 2. The second kappa shape index (κ2) is 5.57. The maximum Gasteiger partial charge on any atom is 0.236 e. The van der Waals surface area contributed by atoms with Crippen molar-refractivity contribution >= 4 is 23.2 Å². The van der Waals surface area contributed by atoms with E-state index in [1.165, 1.54) is 0 Å². The molecule has 3 rings (SSSR count). The predicted octanol–water partition coefficient (Wildman–Crippen LogP) is 2.58. The summed E-state index contributed by atoms with van der Waals surface area (Å²) in [5.41, 5.74) is 6.39. The standard InChI is InChI=1S/C14H15Cl2N3O2/c1-14(7-20-6-11(14)17)13-18-12(19-21-13)5-8-9(15)3-2-4-10(8)16/h2-4,11H,5-7,17H2,1H3. The highest BCUT2D eigenvalue weighted by molar-refractivity contribution is 6.36. The van der Waals surface area contributed by atoms with E-state index in [0.29, 0.717) is 41.4 Å². The molecule has 2 atom stereocenters. The Labute approximate surface area is 132 Å². The van der Waals surface area contributed by atoms with Crippen molar-refractivity contribution in [2.24, 2.45) is 5.73 Å². The lowest BCUT2D eigenvalue weighted by Gasteiger charge is -2.21. The molecule has 112 valence electrons. The normalized spacial score (nSPS) is 25.4. The fraction of sp³-hybridized carbons (Fsp3) is 0.429. The summed E-state index contributed by atoms with van der Waals surface area (Å²) in [7, 11) is 0. The molecule has 1 aromatic carbocycles. The van der Waals surface area contributed by atoms with E-state index in [4.69, 9.17) is 38.2 Å². The van der Waals surface area contributed by atoms with Gasteiger partial charge in [0.25, 0.3) is 0 Å². The number of hydrogen-bond acceptors (Lipinski definition) is 5. The Morgan fingerprint density at radius 2 is 2.10 bits per heavy atom. The monoisotopic (exact) mass is 327 g/mol. The molecular weight excluding hydrogens is 313 g/mol. The van der Waals surface area contributed by atoms with Crippen LogP contribution in [0.5, 0.6) is 0 Å². The van der Waals surface area contributed by atoms with Gasteiger partial charge in [-0.05, 0) is 24.6 Å². The van der Waals surface area contributed by atoms with E-state index in [1.807, 2.05) is 6.92 Å². The lowest BCUT2D eigenvalue weighted by atomic mass is 9.86. The van der Waals surface area contributed by atoms with Crippen LogP contribution in [0.25, 0.3) is 0 Å². The van der Waals surface area contributed by atoms with Gasteiger partial charge in [-0.15, -0.1) is 0 Å². The van der Waals surface area contributed by atoms with E-state index >= 15 is 0 Å². The van der Waals surface area contributed by atoms with Crippen molar-refractivity contribution in [1.29, 1.82) is 0 Å². The molecule has 2 unspecified atom stereocenters. The second-order valence-corrected chi connectivity index (χ2v) is 6.25. The molecule has 0 spiro atoms. The minimum Gasteiger partial charge on any atom is -0.379 e. The molecule has 0 aliphatic carbocycles. The van der Waals surface area contributed by atoms with Gasteiger partial charge in [0, 0.05) is 22.5 Å². The molecule has 7 heteroatoms. The number of nitrogens with two attached hydrogens (primary N) is 1. The molecule has 0 bridgehead atoms. The first kappa shape index (κ1) is 14.8. The highest BCUT2D eigenvalue weighted by atomic mass is 35.5. The summed E-state index contributed by atoms with van der Waals surface area (Å²) in [5.74, 6) is 1.02. The van der Waals surface area contributed by atoms with E-state index in [0.717, 1.165) is 5.56 Å². The van der Waals surface area contributed by atoms with Crippen LogP contribution in [0.15, 0.2) is 22.7 Å². The van der Waals surface area contributed by atoms with Gasteiger partial charge in [0.2, 0.25) is 5.89 Å². The minimum atomic E-state index is -0.449. The first-order chi connectivity index (χ1) is 10.0. The fourth-order valence-corrected chi connectivity index (χ4v) is 2.86. The quantitative estimate of drug-likeness (QED) is 0.937. The smallest absolute Gasteiger partial charge is 0.236 e. The van der Waals surface area contributed by atoms with Crippen LogP contribution in [-0.4, -0.2) is 29.4 Å². The molecule has 1 saturated heterocycles. The van der Waals surface area contributed by atoms with Crippen molar-refractivity contribution in [3.8, 4) is 0 Å². The van der Waals surface area contributed by atoms with Gasteiger partial charge in [0.1, 0.15) is 0 Å². The van der Waals surface area contributed by atoms with Crippen LogP contribution < -0.4 is 5.73 Å². The highest BCUT2D eigenvalue weighted by Gasteiger charge is 2.44. The summed E-state index contributed by atoms with van der Waals surface area (Å²) in [4.78, 5) is 4.44. The summed E-state index contributed by atoms with van der Waals surface area (Å²) in [6, 6.07) is 5.21. The molecule has 2 aromatic rings. The van der Waals surface area contributed by atoms with Crippen LogP contribution in [0.4, 0.5) is 0 Å². The van der Waals surface area contributed by atoms with Gasteiger partial charge in [-0.1, -0.05) is 34.4 Å². The van der Waals surface area contributed by atoms with E-state index in [2.05, 4.69) is 10.1 Å². The third-order valence-electron chi connectivity index (χ3n) is 3.87. The number of benzene rings is 1. The molecule has 1 aliphatic rings. The zero-order valence-corrected chi connectivity index (χ0v) is 13.0. The van der Waals surface area contributed by atoms with Crippen LogP contribution in [-0.2, 0) is 16.6 Å². The zero-order chi connectivity index (χ0) is 15.0. The predicted molar refractivity (Wildman–Crippen MR) is 79.7 cm³/mol. The lowest BCUT2D eigenvalue weighted by molar-refractivity contribution is 0.169. The Balaban J connectivity index is 1.86. The average Bonchev–Trinajstić information content (AvgIpc) is 3.03. The molecule has 1 aromatic heterocycles. The average molecular weight is 328 g/mol. The van der Waals surface area contributed by atoms with E-state index < -0.39 is 5.41 Å². The number of ether oxygens (including phenoxy) is 1. The number of halogens is 2. The molecule has 2 N–H and O–H groups in total. The van der Waals surface area contributed by atoms with E-state index in [9.17, 15) is 0 Å². The summed E-state index contributed by atoms with van der Waals surface area (Å²) in [6.45, 7) is 2.93.